The molecule has 0 bridgehead atoms. The average Bonchev–Trinajstić information content (AvgIpc) is 2.41. The maximum Gasteiger partial charge on any atom is 0.505 e. The highest BCUT2D eigenvalue weighted by atomic mass is 128. The van der Waals surface area contributed by atoms with Crippen LogP contribution in [0.2, 0.25) is 0 Å². The van der Waals surface area contributed by atoms with Gasteiger partial charge in [0.05, 0.1) is 14.2 Å². The number of carbonyl (C=O) groups is 3. The van der Waals surface area contributed by atoms with Gasteiger partial charge in [-0.05, 0) is 6.92 Å². The number of ether oxygens (including phenoxy) is 2. The Morgan fingerprint density at radius 3 is 1.50 bits per heavy atom. The van der Waals surface area contributed by atoms with E-state index in [0.717, 1.165) is 13.2 Å². The molecule has 0 aromatic heterocycles. The van der Waals surface area contributed by atoms with E-state index in [9.17, 15) is 9.59 Å². The predicted molar refractivity (Wildman–Crippen MR) is 86.3 cm³/mol. The van der Waals surface area contributed by atoms with Crippen LogP contribution >= 0.6 is 37.2 Å². The van der Waals surface area contributed by atoms with Gasteiger partial charge in [0.1, 0.15) is 5.78 Å². The Labute approximate surface area is 130 Å². The van der Waals surface area contributed by atoms with Crippen molar-refractivity contribution in [2.45, 2.75) is 20.3 Å². The minimum Gasteiger partial charge on any atom is -0.466 e. The van der Waals surface area contributed by atoms with Crippen LogP contribution in [0.5, 0.6) is 0 Å². The second-order valence-electron chi connectivity index (χ2n) is 2.25. The molecule has 0 saturated carbocycles. The molecule has 18 heavy (non-hydrogen) atoms. The summed E-state index contributed by atoms with van der Waals surface area (Å²) in [6.07, 6.45) is 0.532. The quantitative estimate of drug-likeness (QED) is 0.364. The third kappa shape index (κ3) is 57.5. The lowest BCUT2D eigenvalue weighted by Crippen LogP contribution is -1.91. The number of rotatable bonds is 2. The SMILES string of the molecule is C=CC(=O)OC.CCC(C)=O.COC(=O)O.II. The highest BCUT2D eigenvalue weighted by Gasteiger charge is 1.82. The summed E-state index contributed by atoms with van der Waals surface area (Å²) >= 11 is 4.24. The number of halogens is 2. The van der Waals surface area contributed by atoms with Crippen LogP contribution in [-0.4, -0.2) is 37.2 Å². The Balaban J connectivity index is -0.0000000766. The normalized spacial score (nSPS) is 6.56. The zero-order valence-corrected chi connectivity index (χ0v) is 15.1. The monoisotopic (exact) mass is 488 g/mol. The highest BCUT2D eigenvalue weighted by Crippen LogP contribution is 1.89. The molecule has 0 amide bonds. The fourth-order valence-corrected chi connectivity index (χ4v) is 0.0833. The molecule has 1 N–H and O–H groups in total. The van der Waals surface area contributed by atoms with Crippen LogP contribution in [0.25, 0.3) is 0 Å². The van der Waals surface area contributed by atoms with E-state index in [4.69, 9.17) is 9.90 Å². The van der Waals surface area contributed by atoms with Gasteiger partial charge < -0.3 is 19.4 Å². The van der Waals surface area contributed by atoms with Crippen molar-refractivity contribution < 1.29 is 29.0 Å². The van der Waals surface area contributed by atoms with Gasteiger partial charge in [-0.1, -0.05) is 13.5 Å². The Kier molecular flexibility index (Phi) is 37.1. The van der Waals surface area contributed by atoms with Gasteiger partial charge >= 0.3 is 12.1 Å². The second-order valence-corrected chi connectivity index (χ2v) is 2.25. The summed E-state index contributed by atoms with van der Waals surface area (Å²) in [5.74, 6) is -0.139. The lowest BCUT2D eigenvalue weighted by atomic mass is 10.4. The number of carbonyl (C=O) groups excluding carboxylic acids is 2. The molecular weight excluding hydrogens is 470 g/mol. The Bertz CT molecular complexity index is 216. The van der Waals surface area contributed by atoms with Crippen molar-refractivity contribution in [2.24, 2.45) is 0 Å². The third-order valence-corrected chi connectivity index (χ3v) is 1.04. The molecule has 0 spiro atoms. The summed E-state index contributed by atoms with van der Waals surface area (Å²) in [6.45, 7) is 6.59. The van der Waals surface area contributed by atoms with Gasteiger partial charge in [-0.2, -0.15) is 0 Å². The molecule has 8 heteroatoms. The largest absolute Gasteiger partial charge is 0.505 e. The van der Waals surface area contributed by atoms with Crippen molar-refractivity contribution in [1.82, 2.24) is 0 Å². The molecule has 0 aliphatic heterocycles. The maximum absolute atomic E-state index is 9.84. The van der Waals surface area contributed by atoms with Gasteiger partial charge in [0.15, 0.2) is 0 Å². The summed E-state index contributed by atoms with van der Waals surface area (Å²) in [5, 5.41) is 7.50. The smallest absolute Gasteiger partial charge is 0.466 e. The van der Waals surface area contributed by atoms with Gasteiger partial charge in [-0.3, -0.25) is 0 Å². The number of esters is 1. The fraction of sp³-hybridized carbons (Fsp3) is 0.500. The first-order valence-electron chi connectivity index (χ1n) is 4.46. The lowest BCUT2D eigenvalue weighted by molar-refractivity contribution is -0.134. The van der Waals surface area contributed by atoms with Crippen LogP contribution in [0.1, 0.15) is 20.3 Å². The molecule has 0 unspecified atom stereocenters. The van der Waals surface area contributed by atoms with E-state index in [2.05, 4.69) is 53.3 Å². The Hall–Kier alpha value is -0.390. The van der Waals surface area contributed by atoms with E-state index in [1.807, 2.05) is 6.92 Å². The van der Waals surface area contributed by atoms with Crippen LogP contribution in [0.3, 0.4) is 0 Å². The molecule has 6 nitrogen and oxygen atoms in total. The van der Waals surface area contributed by atoms with E-state index in [1.165, 1.54) is 7.11 Å². The number of methoxy groups -OCH3 is 2. The zero-order valence-electron chi connectivity index (χ0n) is 10.7. The van der Waals surface area contributed by atoms with Gasteiger partial charge in [-0.25, -0.2) is 9.59 Å². The van der Waals surface area contributed by atoms with E-state index in [1.54, 1.807) is 6.92 Å². The second kappa shape index (κ2) is 25.5. The van der Waals surface area contributed by atoms with Gasteiger partial charge in [0, 0.05) is 49.7 Å². The lowest BCUT2D eigenvalue weighted by Gasteiger charge is -1.83. The van der Waals surface area contributed by atoms with Crippen LogP contribution in [-0.2, 0) is 19.1 Å². The topological polar surface area (TPSA) is 89.9 Å². The summed E-state index contributed by atoms with van der Waals surface area (Å²) in [4.78, 5) is 28.8. The van der Waals surface area contributed by atoms with Gasteiger partial charge in [0.2, 0.25) is 0 Å². The first-order valence-corrected chi connectivity index (χ1v) is 10.7. The predicted octanol–water partition coefficient (Wildman–Crippen LogP) is 3.41. The van der Waals surface area contributed by atoms with Gasteiger partial charge in [0.25, 0.3) is 0 Å². The Morgan fingerprint density at radius 2 is 1.50 bits per heavy atom. The summed E-state index contributed by atoms with van der Waals surface area (Å²) in [5.41, 5.74) is 0. The van der Waals surface area contributed by atoms with Crippen LogP contribution in [0.15, 0.2) is 12.7 Å². The van der Waals surface area contributed by atoms with Crippen molar-refractivity contribution in [3.8, 4) is 0 Å². The molecule has 0 heterocycles. The van der Waals surface area contributed by atoms with E-state index >= 15 is 0 Å². The molecule has 0 aromatic rings. The third-order valence-electron chi connectivity index (χ3n) is 1.04. The Morgan fingerprint density at radius 1 is 1.22 bits per heavy atom. The fourth-order valence-electron chi connectivity index (χ4n) is 0.0833. The average molecular weight is 488 g/mol. The number of carboxylic acid groups (broad SMARTS) is 1. The van der Waals surface area contributed by atoms with Crippen molar-refractivity contribution >= 4 is 55.1 Å². The minimum atomic E-state index is -1.25. The molecule has 0 saturated heterocycles. The number of hydrogen-bond acceptors (Lipinski definition) is 5. The minimum absolute atomic E-state index is 0.255. The summed E-state index contributed by atoms with van der Waals surface area (Å²) in [6, 6.07) is 0. The molecule has 0 radical (unpaired) electrons. The molecule has 0 atom stereocenters. The van der Waals surface area contributed by atoms with E-state index in [0.29, 0.717) is 6.42 Å². The molecule has 108 valence electrons. The van der Waals surface area contributed by atoms with E-state index < -0.39 is 12.1 Å². The molecular formula is C10H18I2O6. The number of Topliss-reactive ketones (excluding diaryl/α,β-unsaturated/α-hetero) is 1. The molecule has 0 rings (SSSR count). The van der Waals surface area contributed by atoms with Crippen molar-refractivity contribution in [3.05, 3.63) is 12.7 Å². The number of ketones is 1. The molecule has 0 aliphatic carbocycles. The van der Waals surface area contributed by atoms with Crippen LogP contribution in [0, 0.1) is 0 Å². The van der Waals surface area contributed by atoms with Crippen molar-refractivity contribution in [2.75, 3.05) is 14.2 Å². The van der Waals surface area contributed by atoms with E-state index in [-0.39, 0.29) is 5.78 Å². The van der Waals surface area contributed by atoms with Crippen LogP contribution < -0.4 is 0 Å². The maximum atomic E-state index is 9.84. The first-order chi connectivity index (χ1) is 8.35. The van der Waals surface area contributed by atoms with Gasteiger partial charge in [-0.15, -0.1) is 0 Å². The number of hydrogen-bond donors (Lipinski definition) is 1. The van der Waals surface area contributed by atoms with Crippen LogP contribution in [0.4, 0.5) is 4.79 Å². The standard InChI is InChI=1S/C4H6O2.C4H8O.C2H4O3.I2/c1-3-4(5)6-2;1-3-4(2)5;1-5-2(3)4;1-2/h3H,1H2,2H3;3H2,1-2H3;1H3,(H,3,4);. The molecule has 0 aliphatic rings. The summed E-state index contributed by atoms with van der Waals surface area (Å²) in [7, 11) is 2.41. The molecule has 0 fully saturated rings. The van der Waals surface area contributed by atoms with Crippen molar-refractivity contribution in [3.63, 3.8) is 0 Å². The van der Waals surface area contributed by atoms with Crippen molar-refractivity contribution in [1.29, 1.82) is 0 Å². The molecule has 0 aromatic carbocycles. The summed E-state index contributed by atoms with van der Waals surface area (Å²) < 4.78 is 7.81. The first kappa shape index (κ1) is 26.2. The highest BCUT2D eigenvalue weighted by molar-refractivity contribution is 15.0. The zero-order chi connectivity index (χ0) is 15.6.